The number of nitrogens with one attached hydrogen (secondary N) is 1. The van der Waals surface area contributed by atoms with Crippen molar-refractivity contribution in [3.63, 3.8) is 0 Å². The van der Waals surface area contributed by atoms with Crippen molar-refractivity contribution in [2.75, 3.05) is 5.32 Å². The number of carbonyl (C=O) groups is 2. The molecule has 0 aromatic heterocycles. The molecule has 0 saturated carbocycles. The van der Waals surface area contributed by atoms with E-state index in [0.717, 1.165) is 10.5 Å². The Hall–Kier alpha value is -2.34. The molecule has 6 heteroatoms. The molecule has 5 nitrogen and oxygen atoms in total. The lowest BCUT2D eigenvalue weighted by Crippen LogP contribution is -2.12. The van der Waals surface area contributed by atoms with E-state index in [4.69, 9.17) is 5.11 Å². The molecule has 0 heterocycles. The number of aromatic hydroxyl groups is 1. The molecule has 0 aliphatic rings. The minimum absolute atomic E-state index is 0.0528. The molecule has 2 aromatic carbocycles. The van der Waals surface area contributed by atoms with Crippen LogP contribution in [0.25, 0.3) is 0 Å². The third-order valence-electron chi connectivity index (χ3n) is 2.58. The highest BCUT2D eigenvalue weighted by Gasteiger charge is 2.11. The summed E-state index contributed by atoms with van der Waals surface area (Å²) in [5.41, 5.74) is 0.518. The van der Waals surface area contributed by atoms with Gasteiger partial charge in [-0.3, -0.25) is 4.79 Å². The van der Waals surface area contributed by atoms with Crippen LogP contribution in [0.3, 0.4) is 0 Å². The maximum Gasteiger partial charge on any atom is 0.335 e. The lowest BCUT2D eigenvalue weighted by Gasteiger charge is -2.08. The van der Waals surface area contributed by atoms with Crippen LogP contribution < -0.4 is 5.32 Å². The van der Waals surface area contributed by atoms with E-state index in [1.807, 2.05) is 0 Å². The van der Waals surface area contributed by atoms with Gasteiger partial charge < -0.3 is 15.5 Å². The number of carboxylic acids is 1. The predicted octanol–water partition coefficient (Wildman–Crippen LogP) is 3.11. The van der Waals surface area contributed by atoms with Crippen LogP contribution in [0, 0.1) is 0 Å². The highest BCUT2D eigenvalue weighted by molar-refractivity contribution is 9.10. The fraction of sp³-hybridized carbons (Fsp3) is 0. The molecule has 102 valence electrons. The SMILES string of the molecule is O=C(O)c1ccc(NC(=O)c2cccc(Br)c2)c(O)c1. The smallest absolute Gasteiger partial charge is 0.335 e. The molecule has 0 saturated heterocycles. The third kappa shape index (κ3) is 3.16. The van der Waals surface area contributed by atoms with Gasteiger partial charge in [0.1, 0.15) is 5.75 Å². The molecule has 0 aliphatic heterocycles. The Bertz CT molecular complexity index is 685. The number of hydrogen-bond acceptors (Lipinski definition) is 3. The van der Waals surface area contributed by atoms with Gasteiger partial charge in [-0.1, -0.05) is 22.0 Å². The molecular weight excluding hydrogens is 326 g/mol. The van der Waals surface area contributed by atoms with Gasteiger partial charge in [-0.25, -0.2) is 4.79 Å². The number of halogens is 1. The molecule has 20 heavy (non-hydrogen) atoms. The van der Waals surface area contributed by atoms with E-state index in [9.17, 15) is 14.7 Å². The average Bonchev–Trinajstić information content (AvgIpc) is 2.40. The maximum atomic E-state index is 12.0. The van der Waals surface area contributed by atoms with E-state index in [0.29, 0.717) is 5.56 Å². The molecule has 0 bridgehead atoms. The second-order valence-electron chi connectivity index (χ2n) is 4.00. The topological polar surface area (TPSA) is 86.6 Å². The number of rotatable bonds is 3. The van der Waals surface area contributed by atoms with Crippen LogP contribution in [-0.2, 0) is 0 Å². The van der Waals surface area contributed by atoms with Crippen LogP contribution in [0.15, 0.2) is 46.9 Å². The highest BCUT2D eigenvalue weighted by atomic mass is 79.9. The number of hydrogen-bond donors (Lipinski definition) is 3. The first-order chi connectivity index (χ1) is 9.47. The molecular formula is C14H10BrNO4. The Morgan fingerprint density at radius 2 is 1.80 bits per heavy atom. The molecule has 1 amide bonds. The van der Waals surface area contributed by atoms with Gasteiger partial charge in [0.05, 0.1) is 11.3 Å². The highest BCUT2D eigenvalue weighted by Crippen LogP contribution is 2.25. The standard InChI is InChI=1S/C14H10BrNO4/c15-10-3-1-2-8(6-10)13(18)16-11-5-4-9(14(19)20)7-12(11)17/h1-7,17H,(H,16,18)(H,19,20). The normalized spacial score (nSPS) is 10.1. The summed E-state index contributed by atoms with van der Waals surface area (Å²) in [6, 6.07) is 10.5. The summed E-state index contributed by atoms with van der Waals surface area (Å²) in [6.45, 7) is 0. The largest absolute Gasteiger partial charge is 0.506 e. The van der Waals surface area contributed by atoms with Crippen molar-refractivity contribution in [1.29, 1.82) is 0 Å². The molecule has 0 aliphatic carbocycles. The van der Waals surface area contributed by atoms with Gasteiger partial charge in [0, 0.05) is 10.0 Å². The number of phenolic OH excluding ortho intramolecular Hbond substituents is 1. The van der Waals surface area contributed by atoms with E-state index in [1.165, 1.54) is 12.1 Å². The number of phenols is 1. The summed E-state index contributed by atoms with van der Waals surface area (Å²) in [7, 11) is 0. The van der Waals surface area contributed by atoms with Crippen molar-refractivity contribution in [3.05, 3.63) is 58.1 Å². The van der Waals surface area contributed by atoms with Crippen molar-refractivity contribution < 1.29 is 19.8 Å². The zero-order valence-corrected chi connectivity index (χ0v) is 11.7. The first-order valence-corrected chi connectivity index (χ1v) is 6.40. The second kappa shape index (κ2) is 5.75. The van der Waals surface area contributed by atoms with Crippen molar-refractivity contribution in [1.82, 2.24) is 0 Å². The van der Waals surface area contributed by atoms with Gasteiger partial charge >= 0.3 is 5.97 Å². The van der Waals surface area contributed by atoms with Gasteiger partial charge in [0.15, 0.2) is 0 Å². The lowest BCUT2D eigenvalue weighted by molar-refractivity contribution is 0.0696. The Morgan fingerprint density at radius 1 is 1.05 bits per heavy atom. The number of aromatic carboxylic acids is 1. The Kier molecular flexibility index (Phi) is 4.05. The number of anilines is 1. The van der Waals surface area contributed by atoms with Crippen molar-refractivity contribution in [3.8, 4) is 5.75 Å². The molecule has 0 unspecified atom stereocenters. The van der Waals surface area contributed by atoms with Crippen LogP contribution >= 0.6 is 15.9 Å². The maximum absolute atomic E-state index is 12.0. The average molecular weight is 336 g/mol. The van der Waals surface area contributed by atoms with Gasteiger partial charge in [-0.15, -0.1) is 0 Å². The molecule has 3 N–H and O–H groups in total. The summed E-state index contributed by atoms with van der Waals surface area (Å²) in [6.07, 6.45) is 0. The molecule has 0 spiro atoms. The number of amides is 1. The number of carboxylic acid groups (broad SMARTS) is 1. The molecule has 0 radical (unpaired) electrons. The van der Waals surface area contributed by atoms with E-state index in [1.54, 1.807) is 24.3 Å². The molecule has 2 aromatic rings. The number of carbonyl (C=O) groups excluding carboxylic acids is 1. The van der Waals surface area contributed by atoms with Crippen LogP contribution in [0.1, 0.15) is 20.7 Å². The van der Waals surface area contributed by atoms with Gasteiger partial charge in [0.25, 0.3) is 5.91 Å². The van der Waals surface area contributed by atoms with Crippen LogP contribution in [0.5, 0.6) is 5.75 Å². The van der Waals surface area contributed by atoms with Gasteiger partial charge in [-0.05, 0) is 36.4 Å². The fourth-order valence-corrected chi connectivity index (χ4v) is 1.99. The van der Waals surface area contributed by atoms with E-state index in [-0.39, 0.29) is 17.0 Å². The fourth-order valence-electron chi connectivity index (χ4n) is 1.59. The van der Waals surface area contributed by atoms with E-state index < -0.39 is 11.9 Å². The van der Waals surface area contributed by atoms with Crippen LogP contribution in [0.4, 0.5) is 5.69 Å². The molecule has 0 fully saturated rings. The summed E-state index contributed by atoms with van der Waals surface area (Å²) in [5, 5.41) is 21.0. The van der Waals surface area contributed by atoms with Gasteiger partial charge in [-0.2, -0.15) is 0 Å². The summed E-state index contributed by atoms with van der Waals surface area (Å²) < 4.78 is 0.760. The monoisotopic (exact) mass is 335 g/mol. The van der Waals surface area contributed by atoms with E-state index in [2.05, 4.69) is 21.2 Å². The quantitative estimate of drug-likeness (QED) is 0.752. The number of benzene rings is 2. The third-order valence-corrected chi connectivity index (χ3v) is 3.07. The van der Waals surface area contributed by atoms with Crippen LogP contribution in [0.2, 0.25) is 0 Å². The minimum atomic E-state index is -1.15. The minimum Gasteiger partial charge on any atom is -0.506 e. The molecule has 2 rings (SSSR count). The molecule has 0 atom stereocenters. The first-order valence-electron chi connectivity index (χ1n) is 5.60. The Morgan fingerprint density at radius 3 is 2.40 bits per heavy atom. The Balaban J connectivity index is 2.22. The Labute approximate surface area is 123 Å². The zero-order valence-electron chi connectivity index (χ0n) is 10.1. The van der Waals surface area contributed by atoms with Crippen molar-refractivity contribution in [2.45, 2.75) is 0 Å². The zero-order chi connectivity index (χ0) is 14.7. The first kappa shape index (κ1) is 14.1. The van der Waals surface area contributed by atoms with Crippen molar-refractivity contribution >= 4 is 33.5 Å². The lowest BCUT2D eigenvalue weighted by atomic mass is 10.1. The summed E-state index contributed by atoms with van der Waals surface area (Å²) in [4.78, 5) is 22.7. The predicted molar refractivity (Wildman–Crippen MR) is 77.2 cm³/mol. The summed E-state index contributed by atoms with van der Waals surface area (Å²) >= 11 is 3.26. The van der Waals surface area contributed by atoms with Crippen molar-refractivity contribution in [2.24, 2.45) is 0 Å². The van der Waals surface area contributed by atoms with Gasteiger partial charge in [0.2, 0.25) is 0 Å². The summed E-state index contributed by atoms with van der Waals surface area (Å²) in [5.74, 6) is -1.84. The van der Waals surface area contributed by atoms with E-state index >= 15 is 0 Å². The van der Waals surface area contributed by atoms with Crippen LogP contribution in [-0.4, -0.2) is 22.1 Å². The second-order valence-corrected chi connectivity index (χ2v) is 4.92.